The molecule has 0 spiro atoms. The highest BCUT2D eigenvalue weighted by atomic mass is 19.1. The van der Waals surface area contributed by atoms with Crippen LogP contribution in [0.2, 0.25) is 0 Å². The first-order valence-corrected chi connectivity index (χ1v) is 11.0. The highest BCUT2D eigenvalue weighted by Crippen LogP contribution is 2.38. The molecule has 0 N–H and O–H groups in total. The van der Waals surface area contributed by atoms with Crippen LogP contribution in [-0.4, -0.2) is 0 Å². The van der Waals surface area contributed by atoms with E-state index in [9.17, 15) is 0 Å². The number of benzene rings is 3. The molecule has 0 bridgehead atoms. The Kier molecular flexibility index (Phi) is 6.29. The lowest BCUT2D eigenvalue weighted by Crippen LogP contribution is -2.12. The van der Waals surface area contributed by atoms with Crippen molar-refractivity contribution in [2.45, 2.75) is 50.9 Å². The van der Waals surface area contributed by atoms with Gasteiger partial charge in [0.2, 0.25) is 0 Å². The number of nitrogens with zero attached hydrogens (tertiary/aromatic N) is 1. The lowest BCUT2D eigenvalue weighted by atomic mass is 9.77. The van der Waals surface area contributed by atoms with Crippen LogP contribution in [0.5, 0.6) is 0 Å². The summed E-state index contributed by atoms with van der Waals surface area (Å²) < 4.78 is 15.1. The van der Waals surface area contributed by atoms with Crippen LogP contribution in [0.15, 0.2) is 67.3 Å². The average molecular weight is 398 g/mol. The molecule has 1 aliphatic carbocycles. The Hall–Kier alpha value is -2.92. The number of halogens is 1. The monoisotopic (exact) mass is 397 g/mol. The second-order valence-electron chi connectivity index (χ2n) is 8.57. The normalized spacial score (nSPS) is 18.8. The third-order valence-electron chi connectivity index (χ3n) is 6.64. The molecule has 0 radical (unpaired) electrons. The highest BCUT2D eigenvalue weighted by Gasteiger charge is 2.22. The third kappa shape index (κ3) is 4.46. The van der Waals surface area contributed by atoms with Crippen molar-refractivity contribution in [1.82, 2.24) is 0 Å². The SMILES string of the molecule is C=CCC1CCC(c2ccc3c(F)c(CCc4ccc(C#N)cc4)ccc3c2)CC1. The van der Waals surface area contributed by atoms with E-state index in [0.29, 0.717) is 17.9 Å². The Labute approximate surface area is 178 Å². The molecule has 4 rings (SSSR count). The van der Waals surface area contributed by atoms with Gasteiger partial charge in [-0.25, -0.2) is 4.39 Å². The molecular formula is C28H28FN. The zero-order valence-corrected chi connectivity index (χ0v) is 17.4. The second kappa shape index (κ2) is 9.26. The van der Waals surface area contributed by atoms with E-state index in [0.717, 1.165) is 40.7 Å². The predicted molar refractivity (Wildman–Crippen MR) is 122 cm³/mol. The fourth-order valence-electron chi connectivity index (χ4n) is 4.79. The van der Waals surface area contributed by atoms with Gasteiger partial charge in [0.15, 0.2) is 0 Å². The number of nitriles is 1. The van der Waals surface area contributed by atoms with Crippen molar-refractivity contribution in [3.05, 3.63) is 95.3 Å². The van der Waals surface area contributed by atoms with E-state index in [-0.39, 0.29) is 5.82 Å². The summed E-state index contributed by atoms with van der Waals surface area (Å²) in [4.78, 5) is 0. The van der Waals surface area contributed by atoms with Gasteiger partial charge in [0, 0.05) is 5.39 Å². The smallest absolute Gasteiger partial charge is 0.134 e. The summed E-state index contributed by atoms with van der Waals surface area (Å²) in [5, 5.41) is 10.6. The molecule has 3 aromatic carbocycles. The maximum Gasteiger partial charge on any atom is 0.134 e. The lowest BCUT2D eigenvalue weighted by molar-refractivity contribution is 0.328. The van der Waals surface area contributed by atoms with Gasteiger partial charge in [-0.2, -0.15) is 5.26 Å². The molecule has 0 saturated heterocycles. The first kappa shape index (κ1) is 20.4. The fraction of sp³-hybridized carbons (Fsp3) is 0.321. The zero-order chi connectivity index (χ0) is 20.9. The molecule has 1 fully saturated rings. The zero-order valence-electron chi connectivity index (χ0n) is 17.4. The molecule has 3 aromatic rings. The minimum Gasteiger partial charge on any atom is -0.206 e. The maximum absolute atomic E-state index is 15.1. The molecule has 0 unspecified atom stereocenters. The van der Waals surface area contributed by atoms with Crippen LogP contribution in [0, 0.1) is 23.1 Å². The van der Waals surface area contributed by atoms with Crippen molar-refractivity contribution in [1.29, 1.82) is 5.26 Å². The number of hydrogen-bond acceptors (Lipinski definition) is 1. The van der Waals surface area contributed by atoms with Gasteiger partial charge in [0.25, 0.3) is 0 Å². The van der Waals surface area contributed by atoms with Crippen molar-refractivity contribution in [2.75, 3.05) is 0 Å². The van der Waals surface area contributed by atoms with Gasteiger partial charge < -0.3 is 0 Å². The average Bonchev–Trinajstić information content (AvgIpc) is 2.79. The van der Waals surface area contributed by atoms with Crippen molar-refractivity contribution in [3.63, 3.8) is 0 Å². The Balaban J connectivity index is 1.47. The summed E-state index contributed by atoms with van der Waals surface area (Å²) in [5.41, 5.74) is 3.88. The van der Waals surface area contributed by atoms with Crippen molar-refractivity contribution < 1.29 is 4.39 Å². The quantitative estimate of drug-likeness (QED) is 0.395. The predicted octanol–water partition coefficient (Wildman–Crippen LogP) is 7.49. The first-order chi connectivity index (χ1) is 14.7. The molecule has 0 aliphatic heterocycles. The van der Waals surface area contributed by atoms with Crippen LogP contribution in [0.1, 0.15) is 60.3 Å². The lowest BCUT2D eigenvalue weighted by Gasteiger charge is -2.28. The summed E-state index contributed by atoms with van der Waals surface area (Å²) in [6.45, 7) is 3.87. The number of rotatable bonds is 6. The molecule has 152 valence electrons. The van der Waals surface area contributed by atoms with E-state index in [1.54, 1.807) is 0 Å². The molecule has 0 amide bonds. The van der Waals surface area contributed by atoms with Crippen molar-refractivity contribution >= 4 is 10.8 Å². The topological polar surface area (TPSA) is 23.8 Å². The van der Waals surface area contributed by atoms with Gasteiger partial charge in [-0.3, -0.25) is 0 Å². The Morgan fingerprint density at radius 3 is 2.43 bits per heavy atom. The molecule has 30 heavy (non-hydrogen) atoms. The fourth-order valence-corrected chi connectivity index (χ4v) is 4.79. The van der Waals surface area contributed by atoms with Gasteiger partial charge >= 0.3 is 0 Å². The van der Waals surface area contributed by atoms with E-state index >= 15 is 4.39 Å². The second-order valence-corrected chi connectivity index (χ2v) is 8.57. The standard InChI is InChI=1S/C28H28FN/c1-2-3-20-8-11-23(12-9-20)25-16-17-27-26(18-25)15-14-24(28(27)29)13-10-21-4-6-22(19-30)7-5-21/h2,4-7,14-18,20,23H,1,3,8-13H2. The molecule has 0 heterocycles. The molecule has 0 atom stereocenters. The van der Waals surface area contributed by atoms with Crippen molar-refractivity contribution in [2.24, 2.45) is 5.92 Å². The van der Waals surface area contributed by atoms with E-state index in [4.69, 9.17) is 5.26 Å². The Bertz CT molecular complexity index is 1070. The summed E-state index contributed by atoms with van der Waals surface area (Å²) in [6, 6.07) is 20.0. The number of fused-ring (bicyclic) bond motifs is 1. The molecule has 0 aromatic heterocycles. The van der Waals surface area contributed by atoms with Gasteiger partial charge in [0.1, 0.15) is 5.82 Å². The maximum atomic E-state index is 15.1. The summed E-state index contributed by atoms with van der Waals surface area (Å²) in [5.74, 6) is 1.28. The van der Waals surface area contributed by atoms with Crippen LogP contribution in [0.4, 0.5) is 4.39 Å². The summed E-state index contributed by atoms with van der Waals surface area (Å²) in [6.07, 6.45) is 9.55. The summed E-state index contributed by atoms with van der Waals surface area (Å²) in [7, 11) is 0. The van der Waals surface area contributed by atoms with E-state index < -0.39 is 0 Å². The molecular weight excluding hydrogens is 369 g/mol. The minimum absolute atomic E-state index is 0.0950. The van der Waals surface area contributed by atoms with Gasteiger partial charge in [-0.1, -0.05) is 48.5 Å². The molecule has 1 saturated carbocycles. The molecule has 2 heteroatoms. The molecule has 1 nitrogen and oxygen atoms in total. The van der Waals surface area contributed by atoms with Crippen LogP contribution in [-0.2, 0) is 12.8 Å². The Morgan fingerprint density at radius 2 is 1.73 bits per heavy atom. The summed E-state index contributed by atoms with van der Waals surface area (Å²) >= 11 is 0. The van der Waals surface area contributed by atoms with Crippen LogP contribution >= 0.6 is 0 Å². The molecule has 1 aliphatic rings. The first-order valence-electron chi connectivity index (χ1n) is 11.0. The van der Waals surface area contributed by atoms with E-state index in [1.807, 2.05) is 42.5 Å². The van der Waals surface area contributed by atoms with Crippen molar-refractivity contribution in [3.8, 4) is 6.07 Å². The van der Waals surface area contributed by atoms with Crippen LogP contribution in [0.25, 0.3) is 10.8 Å². The van der Waals surface area contributed by atoms with E-state index in [1.165, 1.54) is 31.2 Å². The third-order valence-corrected chi connectivity index (χ3v) is 6.64. The van der Waals surface area contributed by atoms with E-state index in [2.05, 4.69) is 30.8 Å². The Morgan fingerprint density at radius 1 is 0.967 bits per heavy atom. The van der Waals surface area contributed by atoms with Crippen LogP contribution < -0.4 is 0 Å². The largest absolute Gasteiger partial charge is 0.206 e. The number of hydrogen-bond donors (Lipinski definition) is 0. The van der Waals surface area contributed by atoms with Gasteiger partial charge in [-0.05, 0) is 91.0 Å². The van der Waals surface area contributed by atoms with Crippen LogP contribution in [0.3, 0.4) is 0 Å². The van der Waals surface area contributed by atoms with Gasteiger partial charge in [-0.15, -0.1) is 6.58 Å². The number of allylic oxidation sites excluding steroid dienone is 1. The highest BCUT2D eigenvalue weighted by molar-refractivity contribution is 5.84. The minimum atomic E-state index is -0.0950. The number of aryl methyl sites for hydroxylation is 2. The van der Waals surface area contributed by atoms with Gasteiger partial charge in [0.05, 0.1) is 11.6 Å².